The molecule has 1 saturated heterocycles. The van der Waals surface area contributed by atoms with E-state index < -0.39 is 29.7 Å². The fourth-order valence-corrected chi connectivity index (χ4v) is 5.96. The zero-order valence-electron chi connectivity index (χ0n) is 35.2. The van der Waals surface area contributed by atoms with E-state index in [4.69, 9.17) is 63.7 Å². The van der Waals surface area contributed by atoms with Crippen LogP contribution in [0.3, 0.4) is 0 Å². The molecule has 0 aromatic heterocycles. The third-order valence-corrected chi connectivity index (χ3v) is 9.03. The molecule has 0 aliphatic carbocycles. The molecule has 2 heterocycles. The number of carbonyl (C=O) groups is 5. The zero-order valence-corrected chi connectivity index (χ0v) is 35.9. The molecular formula is C41H64ClN3O16. The number of anilines is 1. The molecule has 19 nitrogen and oxygen atoms in total. The van der Waals surface area contributed by atoms with E-state index in [9.17, 15) is 24.0 Å². The first-order valence-electron chi connectivity index (χ1n) is 21.0. The van der Waals surface area contributed by atoms with Crippen LogP contribution in [0.15, 0.2) is 18.2 Å². The zero-order chi connectivity index (χ0) is 43.6. The number of amides is 5. The van der Waals surface area contributed by atoms with Gasteiger partial charge < -0.3 is 57.4 Å². The summed E-state index contributed by atoms with van der Waals surface area (Å²) in [7, 11) is 0. The van der Waals surface area contributed by atoms with Crippen LogP contribution in [0.2, 0.25) is 0 Å². The molecular weight excluding hydrogens is 826 g/mol. The van der Waals surface area contributed by atoms with Gasteiger partial charge in [-0.2, -0.15) is 0 Å². The molecule has 20 heteroatoms. The SMILES string of the molecule is O=C1CCC(N2C(=O)c3cccc(NC(=O)CCCCCOCCOCCOCCOCCOCCOCCOCCOCCOCCOCCOCCCl)c3C2=O)C(=O)N1. The Morgan fingerprint density at radius 1 is 0.574 bits per heavy atom. The van der Waals surface area contributed by atoms with E-state index in [1.54, 1.807) is 12.1 Å². The standard InChI is InChI=1S/C41H64ClN3O16/c42-10-12-52-14-16-54-18-20-56-22-24-58-26-28-60-30-32-61-31-29-59-27-25-57-23-21-55-19-17-53-15-13-51-11-3-1-2-7-36(46)43-34-6-4-5-33-38(34)41(50)45(40(33)49)35-8-9-37(47)44-39(35)48/h4-6,35H,1-3,7-32H2,(H,43,46)(H,44,47,48). The highest BCUT2D eigenvalue weighted by molar-refractivity contribution is 6.26. The van der Waals surface area contributed by atoms with E-state index in [2.05, 4.69) is 10.6 Å². The van der Waals surface area contributed by atoms with Gasteiger partial charge in [0.1, 0.15) is 6.04 Å². The molecule has 0 radical (unpaired) electrons. The van der Waals surface area contributed by atoms with Crippen LogP contribution in [0.1, 0.15) is 59.2 Å². The molecule has 1 unspecified atom stereocenters. The van der Waals surface area contributed by atoms with Gasteiger partial charge >= 0.3 is 0 Å². The van der Waals surface area contributed by atoms with Crippen molar-refractivity contribution in [2.24, 2.45) is 0 Å². The van der Waals surface area contributed by atoms with Gasteiger partial charge in [-0.25, -0.2) is 0 Å². The summed E-state index contributed by atoms with van der Waals surface area (Å²) in [5, 5.41) is 4.91. The maximum atomic E-state index is 13.2. The summed E-state index contributed by atoms with van der Waals surface area (Å²) in [6.07, 6.45) is 2.44. The second-order valence-electron chi connectivity index (χ2n) is 13.5. The molecule has 61 heavy (non-hydrogen) atoms. The van der Waals surface area contributed by atoms with Crippen molar-refractivity contribution in [3.63, 3.8) is 0 Å². The van der Waals surface area contributed by atoms with E-state index in [0.717, 1.165) is 17.7 Å². The van der Waals surface area contributed by atoms with Gasteiger partial charge in [-0.1, -0.05) is 12.5 Å². The molecule has 1 aromatic carbocycles. The molecule has 0 spiro atoms. The first-order chi connectivity index (χ1) is 29.9. The van der Waals surface area contributed by atoms with Crippen molar-refractivity contribution in [2.45, 2.75) is 44.6 Å². The summed E-state index contributed by atoms with van der Waals surface area (Å²) in [6, 6.07) is 3.53. The molecule has 346 valence electrons. The number of alkyl halides is 1. The number of nitrogens with zero attached hydrogens (tertiary/aromatic N) is 1. The molecule has 2 aliphatic rings. The summed E-state index contributed by atoms with van der Waals surface area (Å²) < 4.78 is 60.0. The number of imide groups is 2. The number of benzene rings is 1. The third-order valence-electron chi connectivity index (χ3n) is 8.88. The van der Waals surface area contributed by atoms with Crippen LogP contribution in [-0.4, -0.2) is 192 Å². The van der Waals surface area contributed by atoms with Crippen molar-refractivity contribution in [1.82, 2.24) is 10.2 Å². The number of piperidine rings is 1. The highest BCUT2D eigenvalue weighted by atomic mass is 35.5. The average Bonchev–Trinajstić information content (AvgIpc) is 3.50. The maximum Gasteiger partial charge on any atom is 0.264 e. The van der Waals surface area contributed by atoms with Crippen molar-refractivity contribution in [2.75, 3.05) is 157 Å². The fourth-order valence-electron chi connectivity index (χ4n) is 5.85. The minimum atomic E-state index is -1.07. The summed E-state index contributed by atoms with van der Waals surface area (Å²) >= 11 is 5.52. The van der Waals surface area contributed by atoms with Gasteiger partial charge in [0.25, 0.3) is 11.8 Å². The molecule has 2 aliphatic heterocycles. The predicted octanol–water partition coefficient (Wildman–Crippen LogP) is 2.01. The molecule has 1 aromatic rings. The van der Waals surface area contributed by atoms with Gasteiger partial charge in [0.05, 0.1) is 156 Å². The van der Waals surface area contributed by atoms with E-state index in [0.29, 0.717) is 158 Å². The highest BCUT2D eigenvalue weighted by Crippen LogP contribution is 2.32. The Kier molecular flexibility index (Phi) is 29.4. The van der Waals surface area contributed by atoms with Crippen LogP contribution in [0.25, 0.3) is 0 Å². The van der Waals surface area contributed by atoms with Gasteiger partial charge in [-0.3, -0.25) is 34.2 Å². The van der Waals surface area contributed by atoms with E-state index >= 15 is 0 Å². The number of hydrogen-bond acceptors (Lipinski definition) is 16. The summed E-state index contributed by atoms with van der Waals surface area (Å²) in [5.74, 6) is -2.24. The van der Waals surface area contributed by atoms with Crippen LogP contribution < -0.4 is 10.6 Å². The summed E-state index contributed by atoms with van der Waals surface area (Å²) in [6.45, 7) is 10.7. The Morgan fingerprint density at radius 2 is 1.00 bits per heavy atom. The van der Waals surface area contributed by atoms with Gasteiger partial charge in [-0.15, -0.1) is 11.6 Å². The van der Waals surface area contributed by atoms with Crippen molar-refractivity contribution in [1.29, 1.82) is 0 Å². The Hall–Kier alpha value is -3.18. The Morgan fingerprint density at radius 3 is 1.43 bits per heavy atom. The number of fused-ring (bicyclic) bond motifs is 1. The Balaban J connectivity index is 0.995. The van der Waals surface area contributed by atoms with Crippen LogP contribution in [0, 0.1) is 0 Å². The van der Waals surface area contributed by atoms with Gasteiger partial charge in [0.2, 0.25) is 17.7 Å². The van der Waals surface area contributed by atoms with Gasteiger partial charge in [0, 0.05) is 25.3 Å². The van der Waals surface area contributed by atoms with Crippen molar-refractivity contribution in [3.8, 4) is 0 Å². The second-order valence-corrected chi connectivity index (χ2v) is 13.8. The van der Waals surface area contributed by atoms with Crippen molar-refractivity contribution < 1.29 is 76.1 Å². The van der Waals surface area contributed by atoms with Gasteiger partial charge in [0.15, 0.2) is 0 Å². The number of halogens is 1. The fraction of sp³-hybridized carbons (Fsp3) is 0.732. The molecule has 1 fully saturated rings. The lowest BCUT2D eigenvalue weighted by Gasteiger charge is -2.27. The third kappa shape index (κ3) is 22.7. The topological polar surface area (TPSA) is 214 Å². The lowest BCUT2D eigenvalue weighted by molar-refractivity contribution is -0.136. The van der Waals surface area contributed by atoms with E-state index in [1.165, 1.54) is 6.07 Å². The molecule has 5 amide bonds. The van der Waals surface area contributed by atoms with E-state index in [1.807, 2.05) is 0 Å². The summed E-state index contributed by atoms with van der Waals surface area (Å²) in [5.41, 5.74) is 0.378. The lowest BCUT2D eigenvalue weighted by Crippen LogP contribution is -2.54. The van der Waals surface area contributed by atoms with Gasteiger partial charge in [-0.05, 0) is 31.4 Å². The quantitative estimate of drug-likeness (QED) is 0.0548. The largest absolute Gasteiger partial charge is 0.379 e. The summed E-state index contributed by atoms with van der Waals surface area (Å²) in [4.78, 5) is 63.6. The lowest BCUT2D eigenvalue weighted by atomic mass is 10.0. The van der Waals surface area contributed by atoms with Crippen LogP contribution in [0.5, 0.6) is 0 Å². The smallest absolute Gasteiger partial charge is 0.264 e. The van der Waals surface area contributed by atoms with Crippen molar-refractivity contribution >= 4 is 46.8 Å². The van der Waals surface area contributed by atoms with E-state index in [-0.39, 0.29) is 42.0 Å². The number of nitrogens with one attached hydrogen (secondary N) is 2. The van der Waals surface area contributed by atoms with Crippen molar-refractivity contribution in [3.05, 3.63) is 29.3 Å². The van der Waals surface area contributed by atoms with Crippen LogP contribution >= 0.6 is 11.6 Å². The number of ether oxygens (including phenoxy) is 11. The average molecular weight is 890 g/mol. The minimum absolute atomic E-state index is 0.0269. The normalized spacial score (nSPS) is 15.2. The molecule has 3 rings (SSSR count). The van der Waals surface area contributed by atoms with Crippen LogP contribution in [0.4, 0.5) is 5.69 Å². The predicted molar refractivity (Wildman–Crippen MR) is 220 cm³/mol. The van der Waals surface area contributed by atoms with Crippen LogP contribution in [-0.2, 0) is 66.5 Å². The molecule has 0 bridgehead atoms. The highest BCUT2D eigenvalue weighted by Gasteiger charge is 2.45. The molecule has 2 N–H and O–H groups in total. The number of hydrogen-bond donors (Lipinski definition) is 2. The minimum Gasteiger partial charge on any atom is -0.379 e. The molecule has 1 atom stereocenters. The Labute approximate surface area is 362 Å². The Bertz CT molecular complexity index is 1410. The number of unbranched alkanes of at least 4 members (excludes halogenated alkanes) is 2. The monoisotopic (exact) mass is 889 g/mol. The number of rotatable bonds is 40. The second kappa shape index (κ2) is 34.3. The number of carbonyl (C=O) groups excluding carboxylic acids is 5. The first-order valence-corrected chi connectivity index (χ1v) is 21.5. The first kappa shape index (κ1) is 52.2. The molecule has 0 saturated carbocycles. The maximum absolute atomic E-state index is 13.2.